The number of aromatic nitrogens is 2. The minimum Gasteiger partial charge on any atom is -0.310 e. The Morgan fingerprint density at radius 2 is 0.583 bits per heavy atom. The third kappa shape index (κ3) is 13.3. The van der Waals surface area contributed by atoms with Gasteiger partial charge in [0.1, 0.15) is 0 Å². The average Bonchev–Trinajstić information content (AvgIpc) is 0.704. The Hall–Kier alpha value is -10.9. The topological polar surface area (TPSA) is 16.3 Å². The van der Waals surface area contributed by atoms with E-state index in [0.717, 1.165) is 171 Å². The molecule has 4 heterocycles. The minimum absolute atomic E-state index is 0.0713. The second kappa shape index (κ2) is 26.5. The van der Waals surface area contributed by atoms with Gasteiger partial charge in [0.15, 0.2) is 0 Å². The van der Waals surface area contributed by atoms with E-state index in [-0.39, 0.29) is 75.4 Å². The Balaban J connectivity index is 1.08. The first-order valence-corrected chi connectivity index (χ1v) is 38.6. The van der Waals surface area contributed by atoms with Crippen LogP contribution >= 0.6 is 0 Å². The number of anilines is 6. The fraction of sp³-hybridized carbons (Fsp3) is 0.243. The van der Waals surface area contributed by atoms with E-state index in [4.69, 9.17) is 0 Å². The van der Waals surface area contributed by atoms with E-state index >= 15 is 0 Å². The van der Waals surface area contributed by atoms with Crippen molar-refractivity contribution in [3.8, 4) is 55.9 Å². The first-order chi connectivity index (χ1) is 55.0. The van der Waals surface area contributed by atoms with Gasteiger partial charge < -0.3 is 18.9 Å². The maximum absolute atomic E-state index is 10.1. The van der Waals surface area contributed by atoms with Crippen molar-refractivity contribution in [2.24, 2.45) is 27.1 Å². The van der Waals surface area contributed by atoms with E-state index in [9.17, 15) is 11.0 Å². The van der Waals surface area contributed by atoms with Crippen LogP contribution in [0, 0.1) is 27.1 Å². The molecule has 0 saturated heterocycles. The van der Waals surface area contributed by atoms with Gasteiger partial charge in [0.2, 0.25) is 0 Å². The number of rotatable bonds is 13. The second-order valence-electron chi connectivity index (χ2n) is 36.7. The van der Waals surface area contributed by atoms with Crippen molar-refractivity contribution < 1.29 is 11.0 Å². The molecule has 0 fully saturated rings. The lowest BCUT2D eigenvalue weighted by molar-refractivity contribution is 0.411. The van der Waals surface area contributed by atoms with Gasteiger partial charge in [-0.05, 0) is 223 Å². The maximum Gasteiger partial charge on any atom is 0.252 e. The van der Waals surface area contributed by atoms with Gasteiger partial charge in [0.25, 0.3) is 6.71 Å². The molecule has 0 N–H and O–H groups in total. The summed E-state index contributed by atoms with van der Waals surface area (Å²) in [6, 6.07) is 83.0. The molecular weight excluding hydrogens is 1300 g/mol. The van der Waals surface area contributed by atoms with Crippen molar-refractivity contribution in [3.05, 3.63) is 307 Å². The SMILES string of the molecule is [2H]c1c([2H])c([2H])c2c(c1[2H])c1cc(CC(C)(C)C)ccc1n2-c1ccc2c(c1)N(c1c(-c3ccccc3)cc(CC(C)(C)C)cc1-c1ccccc1)c1cc(CC(C)(C)C)cc3c1B2c1ccc(-n2c4ccc(CC(C)(C)C)cc4c4c([2H])c([2H])c([2H])c([2H])c42)cc1N3c1c(-c2ccccc2)cc(CC(C)(C)C)cc1-c1ccccc1. The first kappa shape index (κ1) is 61.2. The maximum atomic E-state index is 10.1. The zero-order valence-electron chi connectivity index (χ0n) is 73.3. The molecule has 0 unspecified atom stereocenters. The largest absolute Gasteiger partial charge is 0.310 e. The summed E-state index contributed by atoms with van der Waals surface area (Å²) in [4.78, 5) is 5.16. The molecule has 2 aliphatic rings. The van der Waals surface area contributed by atoms with E-state index in [1.165, 1.54) is 11.1 Å². The van der Waals surface area contributed by atoms with Crippen molar-refractivity contribution in [2.75, 3.05) is 9.80 Å². The molecule has 2 aliphatic heterocycles. The summed E-state index contributed by atoms with van der Waals surface area (Å²) in [7, 11) is 0. The zero-order chi connectivity index (χ0) is 81.9. The molecule has 0 spiro atoms. The van der Waals surface area contributed by atoms with Crippen molar-refractivity contribution in [3.63, 3.8) is 0 Å². The van der Waals surface area contributed by atoms with Gasteiger partial charge in [0.05, 0.1) is 44.4 Å². The van der Waals surface area contributed by atoms with Gasteiger partial charge in [0, 0.05) is 77.9 Å². The van der Waals surface area contributed by atoms with Gasteiger partial charge in [-0.3, -0.25) is 0 Å². The van der Waals surface area contributed by atoms with Crippen LogP contribution in [-0.4, -0.2) is 15.8 Å². The van der Waals surface area contributed by atoms with E-state index < -0.39 is 6.71 Å². The van der Waals surface area contributed by atoms with Crippen molar-refractivity contribution in [2.45, 2.75) is 136 Å². The lowest BCUT2D eigenvalue weighted by Crippen LogP contribution is -2.61. The van der Waals surface area contributed by atoms with E-state index in [1.54, 1.807) is 0 Å². The van der Waals surface area contributed by atoms with E-state index in [2.05, 4.69) is 353 Å². The molecule has 0 atom stereocenters. The number of hydrogen-bond acceptors (Lipinski definition) is 2. The molecule has 5 heteroatoms. The predicted octanol–water partition coefficient (Wildman–Crippen LogP) is 26.6. The van der Waals surface area contributed by atoms with Gasteiger partial charge in [-0.15, -0.1) is 0 Å². The number of para-hydroxylation sites is 2. The summed E-state index contributed by atoms with van der Waals surface area (Å²) >= 11 is 0. The fourth-order valence-electron chi connectivity index (χ4n) is 17.7. The van der Waals surface area contributed by atoms with Crippen LogP contribution in [0.3, 0.4) is 0 Å². The fourth-order valence-corrected chi connectivity index (χ4v) is 17.7. The van der Waals surface area contributed by atoms with E-state index in [1.807, 2.05) is 0 Å². The van der Waals surface area contributed by atoms with Crippen molar-refractivity contribution in [1.29, 1.82) is 0 Å². The first-order valence-electron chi connectivity index (χ1n) is 42.6. The number of nitrogens with zero attached hydrogens (tertiary/aromatic N) is 4. The lowest BCUT2D eigenvalue weighted by atomic mass is 9.33. The Morgan fingerprint density at radius 3 is 0.907 bits per heavy atom. The molecule has 2 aromatic heterocycles. The number of hydrogen-bond donors (Lipinski definition) is 0. The minimum atomic E-state index is -0.490. The highest BCUT2D eigenvalue weighted by atomic mass is 15.2. The molecule has 17 rings (SSSR count). The zero-order valence-corrected chi connectivity index (χ0v) is 65.3. The quantitative estimate of drug-likeness (QED) is 0.107. The average molecular weight is 1410 g/mol. The highest BCUT2D eigenvalue weighted by molar-refractivity contribution is 7.00. The normalized spacial score (nSPS) is 14.3. The smallest absolute Gasteiger partial charge is 0.252 e. The van der Waals surface area contributed by atoms with Gasteiger partial charge >= 0.3 is 0 Å². The summed E-state index contributed by atoms with van der Waals surface area (Å²) in [5, 5.41) is 2.47. The van der Waals surface area contributed by atoms with Crippen LogP contribution in [-0.2, 0) is 32.1 Å². The second-order valence-corrected chi connectivity index (χ2v) is 36.7. The van der Waals surface area contributed by atoms with Gasteiger partial charge in [-0.25, -0.2) is 0 Å². The number of benzene rings is 13. The molecule has 108 heavy (non-hydrogen) atoms. The monoisotopic (exact) mass is 1410 g/mol. The third-order valence-corrected chi connectivity index (χ3v) is 21.3. The Bertz CT molecular complexity index is 5980. The molecule has 536 valence electrons. The molecule has 13 aromatic carbocycles. The highest BCUT2D eigenvalue weighted by Crippen LogP contribution is 2.55. The number of fused-ring (bicyclic) bond motifs is 10. The molecule has 0 saturated carbocycles. The highest BCUT2D eigenvalue weighted by Gasteiger charge is 2.46. The molecule has 0 aliphatic carbocycles. The molecule has 0 bridgehead atoms. The molecule has 0 amide bonds. The predicted molar refractivity (Wildman–Crippen MR) is 467 cm³/mol. The van der Waals surface area contributed by atoms with E-state index in [0.29, 0.717) is 28.2 Å². The standard InChI is InChI=1S/C103H101BN4/c1-99(2,3)62-67-44-50-90-84(52-67)78-40-28-30-42-88(78)105(90)76-46-48-86-92(60-76)107(97-80(72-32-20-16-21-33-72)54-69(64-101(7,8)9)55-81(97)73-34-22-17-23-35-73)94-58-71(66-103(13,14)15)59-95-96(94)104(86)87-49-47-77(106-89-43-31-29-41-79(89)85-53-68(45-51-91(85)106)63-100(4,5)6)61-93(87)108(95)98-82(74-36-24-18-25-37-74)56-70(65-102(10,11)12)57-83(98)75-38-26-19-27-39-75/h16-61H,62-66H2,1-15H3/i28D,29D,30D,31D,40D,41D,42D,43D. The molecule has 15 aromatic rings. The van der Waals surface area contributed by atoms with Crippen LogP contribution in [0.5, 0.6) is 0 Å². The Labute approximate surface area is 652 Å². The van der Waals surface area contributed by atoms with Crippen molar-refractivity contribution in [1.82, 2.24) is 9.13 Å². The van der Waals surface area contributed by atoms with Crippen LogP contribution in [0.1, 0.15) is 143 Å². The van der Waals surface area contributed by atoms with Crippen molar-refractivity contribution >= 4 is 101 Å². The third-order valence-electron chi connectivity index (χ3n) is 21.3. The van der Waals surface area contributed by atoms with Gasteiger partial charge in [-0.2, -0.15) is 0 Å². The molecule has 0 radical (unpaired) electrons. The molecular formula is C103H101BN4. The van der Waals surface area contributed by atoms with Crippen LogP contribution < -0.4 is 26.2 Å². The molecule has 4 nitrogen and oxygen atoms in total. The van der Waals surface area contributed by atoms with Crippen LogP contribution in [0.2, 0.25) is 0 Å². The van der Waals surface area contributed by atoms with Crippen LogP contribution in [0.15, 0.2) is 279 Å². The van der Waals surface area contributed by atoms with Gasteiger partial charge in [-0.1, -0.05) is 286 Å². The van der Waals surface area contributed by atoms with Crippen LogP contribution in [0.4, 0.5) is 34.1 Å². The lowest BCUT2D eigenvalue weighted by Gasteiger charge is -2.46. The summed E-state index contributed by atoms with van der Waals surface area (Å²) in [6.45, 7) is 33.7. The van der Waals surface area contributed by atoms with Crippen LogP contribution in [0.25, 0.3) is 99.5 Å². The summed E-state index contributed by atoms with van der Waals surface area (Å²) in [6.07, 6.45) is 3.80. The Kier molecular flexibility index (Phi) is 15.0. The summed E-state index contributed by atoms with van der Waals surface area (Å²) < 4.78 is 81.4. The Morgan fingerprint density at radius 1 is 0.278 bits per heavy atom. The summed E-state index contributed by atoms with van der Waals surface area (Å²) in [5.74, 6) is 0. The summed E-state index contributed by atoms with van der Waals surface area (Å²) in [5.41, 5.74) is 26.2.